The molecule has 2 saturated carbocycles. The number of para-hydroxylation sites is 1. The zero-order valence-electron chi connectivity index (χ0n) is 19.9. The number of aromatic nitrogens is 2. The average Bonchev–Trinajstić information content (AvgIpc) is 3.03. The summed E-state index contributed by atoms with van der Waals surface area (Å²) in [6, 6.07) is 5.94. The van der Waals surface area contributed by atoms with Gasteiger partial charge in [0.25, 0.3) is 0 Å². The van der Waals surface area contributed by atoms with Crippen molar-refractivity contribution >= 4 is 28.5 Å². The first-order chi connectivity index (χ1) is 15.8. The number of rotatable bonds is 5. The summed E-state index contributed by atoms with van der Waals surface area (Å²) < 4.78 is 3.21. The minimum Gasteiger partial charge on any atom is -0.373 e. The Morgan fingerprint density at radius 2 is 1.88 bits per heavy atom. The summed E-state index contributed by atoms with van der Waals surface area (Å²) in [5.41, 5.74) is 2.93. The van der Waals surface area contributed by atoms with Crippen LogP contribution in [0.3, 0.4) is 0 Å². The monoisotopic (exact) mass is 453 g/mol. The molecule has 0 bridgehead atoms. The van der Waals surface area contributed by atoms with Crippen molar-refractivity contribution in [1.82, 2.24) is 19.8 Å². The van der Waals surface area contributed by atoms with Gasteiger partial charge < -0.3 is 10.2 Å². The molecule has 2 aromatic rings. The van der Waals surface area contributed by atoms with Gasteiger partial charge in [-0.15, -0.1) is 0 Å². The second-order valence-corrected chi connectivity index (χ2v) is 10.5. The number of anilines is 1. The largest absolute Gasteiger partial charge is 0.373 e. The van der Waals surface area contributed by atoms with Gasteiger partial charge in [-0.1, -0.05) is 6.07 Å². The van der Waals surface area contributed by atoms with Crippen molar-refractivity contribution in [3.8, 4) is 0 Å². The molecular weight excluding hydrogens is 418 g/mol. The summed E-state index contributed by atoms with van der Waals surface area (Å²) in [6.45, 7) is 0.966. The molecule has 33 heavy (non-hydrogen) atoms. The number of piperidine rings is 1. The molecule has 2 heterocycles. The maximum atomic E-state index is 13.2. The third-order valence-corrected chi connectivity index (χ3v) is 8.44. The van der Waals surface area contributed by atoms with Crippen LogP contribution in [0.4, 0.5) is 5.69 Å². The fraction of sp³-hybridized carbons (Fsp3) is 0.640. The lowest BCUT2D eigenvalue weighted by Crippen LogP contribution is -2.46. The Morgan fingerprint density at radius 1 is 1.15 bits per heavy atom. The molecule has 1 atom stereocenters. The number of nitrogens with one attached hydrogen (secondary N) is 2. The maximum Gasteiger partial charge on any atom is 0.329 e. The molecule has 8 heteroatoms. The van der Waals surface area contributed by atoms with E-state index in [0.717, 1.165) is 23.3 Å². The van der Waals surface area contributed by atoms with Crippen molar-refractivity contribution in [3.05, 3.63) is 28.7 Å². The van der Waals surface area contributed by atoms with E-state index in [9.17, 15) is 14.4 Å². The van der Waals surface area contributed by atoms with Gasteiger partial charge in [0, 0.05) is 33.1 Å². The van der Waals surface area contributed by atoms with Crippen LogP contribution in [0.2, 0.25) is 0 Å². The van der Waals surface area contributed by atoms with E-state index in [0.29, 0.717) is 23.8 Å². The first-order valence-corrected chi connectivity index (χ1v) is 12.2. The van der Waals surface area contributed by atoms with E-state index in [1.165, 1.54) is 38.5 Å². The Balaban J connectivity index is 1.36. The van der Waals surface area contributed by atoms with Crippen molar-refractivity contribution in [2.75, 3.05) is 25.5 Å². The Kier molecular flexibility index (Phi) is 5.59. The van der Waals surface area contributed by atoms with Gasteiger partial charge in [0.15, 0.2) is 0 Å². The van der Waals surface area contributed by atoms with Crippen LogP contribution in [0.1, 0.15) is 57.4 Å². The maximum absolute atomic E-state index is 13.2. The molecule has 1 spiro atoms. The summed E-state index contributed by atoms with van der Waals surface area (Å²) >= 11 is 0. The molecule has 0 radical (unpaired) electrons. The van der Waals surface area contributed by atoms with Gasteiger partial charge in [-0.05, 0) is 75.5 Å². The van der Waals surface area contributed by atoms with Crippen molar-refractivity contribution in [1.29, 1.82) is 0 Å². The van der Waals surface area contributed by atoms with Crippen LogP contribution < -0.4 is 21.2 Å². The highest BCUT2D eigenvalue weighted by atomic mass is 16.2. The lowest BCUT2D eigenvalue weighted by molar-refractivity contribution is -0.135. The van der Waals surface area contributed by atoms with Gasteiger partial charge in [0.1, 0.15) is 6.04 Å². The molecule has 1 aliphatic heterocycles. The van der Waals surface area contributed by atoms with Crippen LogP contribution >= 0.6 is 0 Å². The Labute approximate surface area is 194 Å². The molecule has 5 rings (SSSR count). The lowest BCUT2D eigenvalue weighted by atomic mass is 9.55. The van der Waals surface area contributed by atoms with Crippen LogP contribution in [0, 0.1) is 11.3 Å². The van der Waals surface area contributed by atoms with Crippen LogP contribution in [0.5, 0.6) is 0 Å². The molecule has 1 saturated heterocycles. The fourth-order valence-corrected chi connectivity index (χ4v) is 6.66. The number of hydrogen-bond acceptors (Lipinski definition) is 5. The smallest absolute Gasteiger partial charge is 0.329 e. The fourth-order valence-electron chi connectivity index (χ4n) is 6.66. The SMILES string of the molecule is CN[C@H]1CCC2(CC1)C[C@@H](CN(C)c1cccc3c1n(C)c(=O)n3C1CCC(=O)NC1=O)C2. The predicted molar refractivity (Wildman–Crippen MR) is 128 cm³/mol. The molecule has 3 aliphatic rings. The number of aryl methyl sites for hydroxylation is 1. The summed E-state index contributed by atoms with van der Waals surface area (Å²) in [5.74, 6) is 0.000629. The van der Waals surface area contributed by atoms with Gasteiger partial charge in [0.05, 0.1) is 16.7 Å². The lowest BCUT2D eigenvalue weighted by Gasteiger charge is -2.52. The third-order valence-electron chi connectivity index (χ3n) is 8.44. The first-order valence-electron chi connectivity index (χ1n) is 12.2. The molecule has 1 aromatic heterocycles. The van der Waals surface area contributed by atoms with E-state index in [2.05, 4.69) is 35.7 Å². The summed E-state index contributed by atoms with van der Waals surface area (Å²) in [4.78, 5) is 39.5. The number of carbonyl (C=O) groups is 2. The summed E-state index contributed by atoms with van der Waals surface area (Å²) in [6.07, 6.45) is 8.41. The normalized spacial score (nSPS) is 29.8. The van der Waals surface area contributed by atoms with E-state index >= 15 is 0 Å². The van der Waals surface area contributed by atoms with Gasteiger partial charge in [-0.2, -0.15) is 0 Å². The van der Waals surface area contributed by atoms with Crippen LogP contribution in [0.15, 0.2) is 23.0 Å². The standard InChI is InChI=1S/C25H35N5O3/c1-26-17-9-11-25(12-10-17)13-16(14-25)15-28(2)18-5-4-6-19-22(18)29(3)24(33)30(19)20-7-8-21(31)27-23(20)32/h4-6,16-17,20,26H,7-15H2,1-3H3,(H,27,31,32)/t16-,17-,20?,25?. The number of amides is 2. The van der Waals surface area contributed by atoms with Crippen molar-refractivity contribution < 1.29 is 9.59 Å². The van der Waals surface area contributed by atoms with Crippen molar-refractivity contribution in [3.63, 3.8) is 0 Å². The minimum absolute atomic E-state index is 0.218. The number of benzene rings is 1. The van der Waals surface area contributed by atoms with Gasteiger partial charge in [0.2, 0.25) is 11.8 Å². The zero-order chi connectivity index (χ0) is 23.3. The molecule has 1 aromatic carbocycles. The Morgan fingerprint density at radius 3 is 2.55 bits per heavy atom. The summed E-state index contributed by atoms with van der Waals surface area (Å²) in [7, 11) is 5.94. The van der Waals surface area contributed by atoms with E-state index in [-0.39, 0.29) is 18.0 Å². The van der Waals surface area contributed by atoms with Crippen LogP contribution in [0.25, 0.3) is 11.0 Å². The average molecular weight is 454 g/mol. The zero-order valence-corrected chi connectivity index (χ0v) is 19.9. The number of fused-ring (bicyclic) bond motifs is 1. The van der Waals surface area contributed by atoms with E-state index in [1.54, 1.807) is 16.2 Å². The number of imidazole rings is 1. The van der Waals surface area contributed by atoms with Gasteiger partial charge in [-0.25, -0.2) is 4.79 Å². The molecule has 2 N–H and O–H groups in total. The third kappa shape index (κ3) is 3.78. The number of carbonyl (C=O) groups excluding carboxylic acids is 2. The Bertz CT molecular complexity index is 1130. The number of hydrogen-bond donors (Lipinski definition) is 2. The molecular formula is C25H35N5O3. The first kappa shape index (κ1) is 22.2. The number of imide groups is 1. The molecule has 2 aliphatic carbocycles. The predicted octanol–water partition coefficient (Wildman–Crippen LogP) is 2.31. The topological polar surface area (TPSA) is 88.4 Å². The quantitative estimate of drug-likeness (QED) is 0.679. The van der Waals surface area contributed by atoms with E-state index < -0.39 is 11.9 Å². The molecule has 8 nitrogen and oxygen atoms in total. The highest BCUT2D eigenvalue weighted by Crippen LogP contribution is 2.55. The van der Waals surface area contributed by atoms with E-state index in [1.807, 2.05) is 12.1 Å². The molecule has 178 valence electrons. The molecule has 1 unspecified atom stereocenters. The van der Waals surface area contributed by atoms with Gasteiger partial charge >= 0.3 is 5.69 Å². The van der Waals surface area contributed by atoms with E-state index in [4.69, 9.17) is 0 Å². The van der Waals surface area contributed by atoms with Crippen molar-refractivity contribution in [2.45, 2.75) is 63.5 Å². The minimum atomic E-state index is -0.654. The Hall–Kier alpha value is -2.61. The second kappa shape index (κ2) is 8.31. The molecule has 2 amide bonds. The summed E-state index contributed by atoms with van der Waals surface area (Å²) in [5, 5.41) is 5.81. The van der Waals surface area contributed by atoms with Crippen molar-refractivity contribution in [2.24, 2.45) is 18.4 Å². The number of nitrogens with zero attached hydrogens (tertiary/aromatic N) is 3. The van der Waals surface area contributed by atoms with Crippen LogP contribution in [-0.2, 0) is 16.6 Å². The highest BCUT2D eigenvalue weighted by molar-refractivity contribution is 6.00. The molecule has 3 fully saturated rings. The highest BCUT2D eigenvalue weighted by Gasteiger charge is 2.46. The second-order valence-electron chi connectivity index (χ2n) is 10.5. The van der Waals surface area contributed by atoms with Gasteiger partial charge in [-0.3, -0.25) is 24.0 Å². The van der Waals surface area contributed by atoms with Crippen LogP contribution in [-0.4, -0.2) is 47.6 Å².